The molecule has 0 N–H and O–H groups in total. The van der Waals surface area contributed by atoms with Crippen LogP contribution in [-0.2, 0) is 0 Å². The molecule has 0 spiro atoms. The van der Waals surface area contributed by atoms with Crippen molar-refractivity contribution in [3.05, 3.63) is 71.3 Å². The number of hydrogen-bond acceptors (Lipinski definition) is 2. The molecule has 2 heteroatoms. The molecule has 2 nitrogen and oxygen atoms in total. The molecule has 0 unspecified atom stereocenters. The van der Waals surface area contributed by atoms with E-state index in [9.17, 15) is 9.90 Å². The van der Waals surface area contributed by atoms with Crippen molar-refractivity contribution in [3.63, 3.8) is 0 Å². The standard InChI is InChI=1S/C16H14O2/c1-12(17)15-10-6-5-9-14(15)11-16(18)13-7-3-2-4-8-13/h2-11,18H,1H3/p-1/b16-11-. The molecular formula is C16H13O2-. The third kappa shape index (κ3) is 2.66. The molecule has 0 fully saturated rings. The van der Waals surface area contributed by atoms with Crippen LogP contribution in [0.1, 0.15) is 28.4 Å². The average molecular weight is 237 g/mol. The Morgan fingerprint density at radius 3 is 2.28 bits per heavy atom. The molecular weight excluding hydrogens is 224 g/mol. The fourth-order valence-corrected chi connectivity index (χ4v) is 1.77. The second-order valence-electron chi connectivity index (χ2n) is 4.02. The zero-order valence-corrected chi connectivity index (χ0v) is 10.1. The fourth-order valence-electron chi connectivity index (χ4n) is 1.77. The molecule has 0 aliphatic carbocycles. The van der Waals surface area contributed by atoms with Crippen LogP contribution in [0.4, 0.5) is 0 Å². The summed E-state index contributed by atoms with van der Waals surface area (Å²) in [5, 5.41) is 12.0. The highest BCUT2D eigenvalue weighted by molar-refractivity contribution is 5.98. The smallest absolute Gasteiger partial charge is 0.160 e. The predicted molar refractivity (Wildman–Crippen MR) is 70.8 cm³/mol. The van der Waals surface area contributed by atoms with E-state index in [0.717, 1.165) is 0 Å². The quantitative estimate of drug-likeness (QED) is 0.468. The number of Topliss-reactive ketones (excluding diaryl/α,β-unsaturated/α-hetero) is 1. The maximum absolute atomic E-state index is 12.0. The van der Waals surface area contributed by atoms with Gasteiger partial charge >= 0.3 is 0 Å². The third-order valence-corrected chi connectivity index (χ3v) is 2.68. The lowest BCUT2D eigenvalue weighted by Gasteiger charge is -2.13. The van der Waals surface area contributed by atoms with Crippen molar-refractivity contribution in [1.29, 1.82) is 0 Å². The van der Waals surface area contributed by atoms with Crippen molar-refractivity contribution in [3.8, 4) is 0 Å². The zero-order valence-electron chi connectivity index (χ0n) is 10.1. The van der Waals surface area contributed by atoms with E-state index in [1.807, 2.05) is 24.3 Å². The van der Waals surface area contributed by atoms with Crippen molar-refractivity contribution >= 4 is 17.6 Å². The van der Waals surface area contributed by atoms with Gasteiger partial charge in [0.2, 0.25) is 0 Å². The van der Waals surface area contributed by atoms with Gasteiger partial charge in [-0.2, -0.15) is 0 Å². The van der Waals surface area contributed by atoms with E-state index in [4.69, 9.17) is 0 Å². The molecule has 0 saturated heterocycles. The van der Waals surface area contributed by atoms with E-state index in [0.29, 0.717) is 16.7 Å². The van der Waals surface area contributed by atoms with Crippen LogP contribution in [0.2, 0.25) is 0 Å². The van der Waals surface area contributed by atoms with Crippen LogP contribution in [0, 0.1) is 0 Å². The summed E-state index contributed by atoms with van der Waals surface area (Å²) in [6, 6.07) is 16.1. The minimum Gasteiger partial charge on any atom is -0.872 e. The van der Waals surface area contributed by atoms with E-state index in [2.05, 4.69) is 0 Å². The Labute approximate surface area is 106 Å². The number of ketones is 1. The Morgan fingerprint density at radius 2 is 1.61 bits per heavy atom. The van der Waals surface area contributed by atoms with Crippen LogP contribution >= 0.6 is 0 Å². The third-order valence-electron chi connectivity index (χ3n) is 2.68. The molecule has 2 aromatic rings. The van der Waals surface area contributed by atoms with Gasteiger partial charge in [0.1, 0.15) is 0 Å². The lowest BCUT2D eigenvalue weighted by atomic mass is 10.0. The second-order valence-corrected chi connectivity index (χ2v) is 4.02. The first-order valence-electron chi connectivity index (χ1n) is 5.72. The van der Waals surface area contributed by atoms with Gasteiger partial charge in [0, 0.05) is 5.56 Å². The molecule has 0 aromatic heterocycles. The highest BCUT2D eigenvalue weighted by Gasteiger charge is 2.03. The van der Waals surface area contributed by atoms with Gasteiger partial charge < -0.3 is 5.11 Å². The Balaban J connectivity index is 2.42. The van der Waals surface area contributed by atoms with E-state index < -0.39 is 0 Å². The molecule has 18 heavy (non-hydrogen) atoms. The van der Waals surface area contributed by atoms with Crippen LogP contribution in [0.5, 0.6) is 0 Å². The summed E-state index contributed by atoms with van der Waals surface area (Å²) in [7, 11) is 0. The molecule has 0 atom stereocenters. The first kappa shape index (κ1) is 12.1. The molecule has 2 rings (SSSR count). The summed E-state index contributed by atoms with van der Waals surface area (Å²) in [6.07, 6.45) is 1.51. The average Bonchev–Trinajstić information content (AvgIpc) is 2.40. The van der Waals surface area contributed by atoms with Gasteiger partial charge in [-0.15, -0.1) is 5.76 Å². The fraction of sp³-hybridized carbons (Fsp3) is 0.0625. The molecule has 0 heterocycles. The first-order valence-corrected chi connectivity index (χ1v) is 5.72. The summed E-state index contributed by atoms with van der Waals surface area (Å²) >= 11 is 0. The minimum atomic E-state index is -0.0932. The van der Waals surface area contributed by atoms with Crippen LogP contribution in [0.15, 0.2) is 54.6 Å². The van der Waals surface area contributed by atoms with Crippen LogP contribution < -0.4 is 5.11 Å². The van der Waals surface area contributed by atoms with Crippen LogP contribution in [-0.4, -0.2) is 5.78 Å². The van der Waals surface area contributed by atoms with Gasteiger partial charge in [0.25, 0.3) is 0 Å². The molecule has 0 aliphatic rings. The summed E-state index contributed by atoms with van der Waals surface area (Å²) < 4.78 is 0. The summed E-state index contributed by atoms with van der Waals surface area (Å²) in [4.78, 5) is 11.5. The highest BCUT2D eigenvalue weighted by atomic mass is 16.3. The van der Waals surface area contributed by atoms with Crippen LogP contribution in [0.3, 0.4) is 0 Å². The molecule has 90 valence electrons. The largest absolute Gasteiger partial charge is 0.872 e. The summed E-state index contributed by atoms with van der Waals surface area (Å²) in [5.41, 5.74) is 1.86. The molecule has 0 radical (unpaired) electrons. The van der Waals surface area contributed by atoms with Gasteiger partial charge in [-0.3, -0.25) is 4.79 Å². The number of rotatable bonds is 3. The number of carbonyl (C=O) groups is 1. The van der Waals surface area contributed by atoms with Crippen molar-refractivity contribution in [1.82, 2.24) is 0 Å². The maximum Gasteiger partial charge on any atom is 0.160 e. The molecule has 0 aliphatic heterocycles. The Bertz CT molecular complexity index is 583. The molecule has 2 aromatic carbocycles. The molecule has 0 amide bonds. The van der Waals surface area contributed by atoms with Gasteiger partial charge in [-0.05, 0) is 18.1 Å². The topological polar surface area (TPSA) is 40.1 Å². The Morgan fingerprint density at radius 1 is 1.00 bits per heavy atom. The van der Waals surface area contributed by atoms with Gasteiger partial charge in [-0.25, -0.2) is 0 Å². The first-order chi connectivity index (χ1) is 8.68. The number of hydrogen-bond donors (Lipinski definition) is 0. The highest BCUT2D eigenvalue weighted by Crippen LogP contribution is 2.16. The van der Waals surface area contributed by atoms with Gasteiger partial charge in [0.15, 0.2) is 5.78 Å². The van der Waals surface area contributed by atoms with Crippen molar-refractivity contribution in [2.24, 2.45) is 0 Å². The number of carbonyl (C=O) groups excluding carboxylic acids is 1. The van der Waals surface area contributed by atoms with Crippen molar-refractivity contribution in [2.45, 2.75) is 6.92 Å². The maximum atomic E-state index is 12.0. The van der Waals surface area contributed by atoms with E-state index >= 15 is 0 Å². The van der Waals surface area contributed by atoms with E-state index in [-0.39, 0.29) is 11.5 Å². The summed E-state index contributed by atoms with van der Waals surface area (Å²) in [5.74, 6) is -0.132. The van der Waals surface area contributed by atoms with Crippen molar-refractivity contribution in [2.75, 3.05) is 0 Å². The second kappa shape index (κ2) is 5.32. The van der Waals surface area contributed by atoms with Gasteiger partial charge in [-0.1, -0.05) is 60.7 Å². The summed E-state index contributed by atoms with van der Waals surface area (Å²) in [6.45, 7) is 1.50. The van der Waals surface area contributed by atoms with Crippen LogP contribution in [0.25, 0.3) is 11.8 Å². The lowest BCUT2D eigenvalue weighted by molar-refractivity contribution is -0.242. The van der Waals surface area contributed by atoms with Crippen molar-refractivity contribution < 1.29 is 9.90 Å². The zero-order chi connectivity index (χ0) is 13.0. The Hall–Kier alpha value is -2.35. The lowest BCUT2D eigenvalue weighted by Crippen LogP contribution is -2.03. The minimum absolute atomic E-state index is 0.0392. The number of benzene rings is 2. The SMILES string of the molecule is CC(=O)c1ccccc1/C=C(\[O-])c1ccccc1. The monoisotopic (exact) mass is 237 g/mol. The molecule has 0 bridgehead atoms. The normalized spacial score (nSPS) is 11.3. The molecule has 0 saturated carbocycles. The van der Waals surface area contributed by atoms with Gasteiger partial charge in [0.05, 0.1) is 0 Å². The van der Waals surface area contributed by atoms with E-state index in [1.54, 1.807) is 30.3 Å². The Kier molecular flexibility index (Phi) is 3.58. The predicted octanol–water partition coefficient (Wildman–Crippen LogP) is 2.75. The van der Waals surface area contributed by atoms with E-state index in [1.165, 1.54) is 13.0 Å².